The van der Waals surface area contributed by atoms with Crippen molar-refractivity contribution in [2.45, 2.75) is 0 Å². The summed E-state index contributed by atoms with van der Waals surface area (Å²) >= 11 is 3.47. The molecule has 10 heteroatoms. The number of methoxy groups -OCH3 is 1. The summed E-state index contributed by atoms with van der Waals surface area (Å²) in [6.45, 7) is 2.72. The number of nitrogens with one attached hydrogen (secondary N) is 2. The molecule has 0 aliphatic carbocycles. The monoisotopic (exact) mass is 483 g/mol. The first-order valence-electron chi connectivity index (χ1n) is 9.75. The van der Waals surface area contributed by atoms with Crippen LogP contribution in [0, 0.1) is 0 Å². The Morgan fingerprint density at radius 1 is 1.06 bits per heavy atom. The van der Waals surface area contributed by atoms with E-state index in [9.17, 15) is 0 Å². The van der Waals surface area contributed by atoms with Crippen LogP contribution in [0.5, 0.6) is 5.75 Å². The molecule has 1 aliphatic heterocycles. The molecular weight excluding hydrogens is 462 g/mol. The Labute approximate surface area is 188 Å². The van der Waals surface area contributed by atoms with Gasteiger partial charge in [-0.25, -0.2) is 5.43 Å². The van der Waals surface area contributed by atoms with Gasteiger partial charge in [0.15, 0.2) is 0 Å². The Hall–Kier alpha value is -3.24. The predicted molar refractivity (Wildman–Crippen MR) is 124 cm³/mol. The summed E-state index contributed by atoms with van der Waals surface area (Å²) < 4.78 is 11.5. The average molecular weight is 484 g/mol. The smallest absolute Gasteiger partial charge is 0.250 e. The first kappa shape index (κ1) is 21.0. The van der Waals surface area contributed by atoms with Crippen LogP contribution in [-0.4, -0.2) is 54.6 Å². The highest BCUT2D eigenvalue weighted by molar-refractivity contribution is 9.10. The topological polar surface area (TPSA) is 96.8 Å². The van der Waals surface area contributed by atoms with Crippen LogP contribution in [-0.2, 0) is 4.74 Å². The number of hydrogen-bond acceptors (Lipinski definition) is 9. The van der Waals surface area contributed by atoms with Crippen molar-refractivity contribution in [3.05, 3.63) is 58.6 Å². The zero-order valence-electron chi connectivity index (χ0n) is 17.0. The summed E-state index contributed by atoms with van der Waals surface area (Å²) in [5.74, 6) is 2.11. The molecule has 9 nitrogen and oxygen atoms in total. The molecule has 1 aromatic heterocycles. The van der Waals surface area contributed by atoms with Gasteiger partial charge in [-0.3, -0.25) is 0 Å². The lowest BCUT2D eigenvalue weighted by Gasteiger charge is -2.27. The summed E-state index contributed by atoms with van der Waals surface area (Å²) in [6.07, 6.45) is 1.69. The van der Waals surface area contributed by atoms with E-state index in [1.807, 2.05) is 48.5 Å². The standard InChI is InChI=1S/C21H22BrN7O2/c1-30-18-8-7-15(13-17(18)22)14-23-28-20-25-19(24-16-5-3-2-4-6-16)26-21(27-20)29-9-11-31-12-10-29/h2-8,13-14H,9-12H2,1H3,(H2,24,25,26,27,28). The Kier molecular flexibility index (Phi) is 6.90. The SMILES string of the molecule is COc1ccc(C=NNc2nc(Nc3ccccc3)nc(N3CCOCC3)n2)cc1Br. The van der Waals surface area contributed by atoms with Crippen LogP contribution in [0.2, 0.25) is 0 Å². The Morgan fingerprint density at radius 3 is 2.58 bits per heavy atom. The molecule has 1 saturated heterocycles. The number of halogens is 1. The first-order valence-corrected chi connectivity index (χ1v) is 10.5. The lowest BCUT2D eigenvalue weighted by Crippen LogP contribution is -2.37. The number of hydrazone groups is 1. The van der Waals surface area contributed by atoms with Gasteiger partial charge in [0.1, 0.15) is 5.75 Å². The quantitative estimate of drug-likeness (QED) is 0.388. The van der Waals surface area contributed by atoms with Gasteiger partial charge in [-0.2, -0.15) is 20.1 Å². The van der Waals surface area contributed by atoms with Crippen LogP contribution in [0.25, 0.3) is 0 Å². The summed E-state index contributed by atoms with van der Waals surface area (Å²) in [4.78, 5) is 15.6. The van der Waals surface area contributed by atoms with E-state index in [-0.39, 0.29) is 0 Å². The molecule has 0 atom stereocenters. The molecule has 1 aliphatic rings. The molecule has 0 unspecified atom stereocenters. The summed E-state index contributed by atoms with van der Waals surface area (Å²) in [6, 6.07) is 15.4. The molecule has 2 N–H and O–H groups in total. The fourth-order valence-corrected chi connectivity index (χ4v) is 3.51. The van der Waals surface area contributed by atoms with E-state index in [4.69, 9.17) is 9.47 Å². The summed E-state index contributed by atoms with van der Waals surface area (Å²) in [7, 11) is 1.63. The van der Waals surface area contributed by atoms with Crippen molar-refractivity contribution in [2.24, 2.45) is 5.10 Å². The zero-order chi connectivity index (χ0) is 21.5. The Balaban J connectivity index is 1.54. The van der Waals surface area contributed by atoms with Crippen LogP contribution in [0.3, 0.4) is 0 Å². The number of nitrogens with zero attached hydrogens (tertiary/aromatic N) is 5. The second kappa shape index (κ2) is 10.2. The molecule has 2 aromatic carbocycles. The van der Waals surface area contributed by atoms with E-state index in [2.05, 4.69) is 51.6 Å². The third kappa shape index (κ3) is 5.68. The van der Waals surface area contributed by atoms with Gasteiger partial charge in [0, 0.05) is 18.8 Å². The van der Waals surface area contributed by atoms with Crippen molar-refractivity contribution in [2.75, 3.05) is 49.1 Å². The van der Waals surface area contributed by atoms with E-state index < -0.39 is 0 Å². The minimum Gasteiger partial charge on any atom is -0.496 e. The van der Waals surface area contributed by atoms with Crippen molar-refractivity contribution in [3.8, 4) is 5.75 Å². The third-order valence-corrected chi connectivity index (χ3v) is 5.12. The van der Waals surface area contributed by atoms with Crippen molar-refractivity contribution in [1.82, 2.24) is 15.0 Å². The van der Waals surface area contributed by atoms with E-state index in [0.717, 1.165) is 34.6 Å². The second-order valence-electron chi connectivity index (χ2n) is 6.64. The molecule has 0 saturated carbocycles. The van der Waals surface area contributed by atoms with Gasteiger partial charge in [0.25, 0.3) is 0 Å². The zero-order valence-corrected chi connectivity index (χ0v) is 18.5. The molecule has 160 valence electrons. The lowest BCUT2D eigenvalue weighted by atomic mass is 10.2. The number of ether oxygens (including phenoxy) is 2. The van der Waals surface area contributed by atoms with Crippen molar-refractivity contribution in [1.29, 1.82) is 0 Å². The summed E-state index contributed by atoms with van der Waals surface area (Å²) in [5.41, 5.74) is 4.69. The van der Waals surface area contributed by atoms with Crippen molar-refractivity contribution >= 4 is 45.7 Å². The number of para-hydroxylation sites is 1. The largest absolute Gasteiger partial charge is 0.496 e. The molecule has 31 heavy (non-hydrogen) atoms. The fraction of sp³-hybridized carbons (Fsp3) is 0.238. The molecule has 1 fully saturated rings. The highest BCUT2D eigenvalue weighted by atomic mass is 79.9. The molecule has 2 heterocycles. The average Bonchev–Trinajstić information content (AvgIpc) is 2.80. The normalized spacial score (nSPS) is 13.9. The highest BCUT2D eigenvalue weighted by Gasteiger charge is 2.16. The maximum Gasteiger partial charge on any atom is 0.250 e. The van der Waals surface area contributed by atoms with E-state index in [1.54, 1.807) is 13.3 Å². The van der Waals surface area contributed by atoms with Crippen molar-refractivity contribution in [3.63, 3.8) is 0 Å². The number of rotatable bonds is 7. The van der Waals surface area contributed by atoms with Crippen LogP contribution in [0.15, 0.2) is 58.1 Å². The van der Waals surface area contributed by atoms with Crippen LogP contribution in [0.1, 0.15) is 5.56 Å². The molecule has 0 amide bonds. The number of morpholine rings is 1. The molecule has 0 radical (unpaired) electrons. The first-order chi connectivity index (χ1) is 15.2. The molecule has 0 spiro atoms. The van der Waals surface area contributed by atoms with E-state index in [0.29, 0.717) is 31.1 Å². The maximum atomic E-state index is 5.44. The third-order valence-electron chi connectivity index (χ3n) is 4.50. The second-order valence-corrected chi connectivity index (χ2v) is 7.49. The minimum absolute atomic E-state index is 0.346. The van der Waals surface area contributed by atoms with Crippen LogP contribution in [0.4, 0.5) is 23.5 Å². The van der Waals surface area contributed by atoms with Gasteiger partial charge in [0.2, 0.25) is 17.8 Å². The number of hydrogen-bond donors (Lipinski definition) is 2. The van der Waals surface area contributed by atoms with Crippen molar-refractivity contribution < 1.29 is 9.47 Å². The lowest BCUT2D eigenvalue weighted by molar-refractivity contribution is 0.122. The Bertz CT molecular complexity index is 1040. The highest BCUT2D eigenvalue weighted by Crippen LogP contribution is 2.25. The fourth-order valence-electron chi connectivity index (χ4n) is 2.95. The summed E-state index contributed by atoms with van der Waals surface area (Å²) in [5, 5.41) is 7.50. The van der Waals surface area contributed by atoms with Gasteiger partial charge >= 0.3 is 0 Å². The van der Waals surface area contributed by atoms with Gasteiger partial charge in [-0.1, -0.05) is 18.2 Å². The maximum absolute atomic E-state index is 5.44. The van der Waals surface area contributed by atoms with E-state index in [1.165, 1.54) is 0 Å². The number of benzene rings is 2. The number of aromatic nitrogens is 3. The predicted octanol–water partition coefficient (Wildman–Crippen LogP) is 3.67. The minimum atomic E-state index is 0.346. The van der Waals surface area contributed by atoms with E-state index >= 15 is 0 Å². The molecule has 0 bridgehead atoms. The van der Waals surface area contributed by atoms with Gasteiger partial charge in [0.05, 0.1) is 31.0 Å². The number of anilines is 4. The molecule has 3 aromatic rings. The van der Waals surface area contributed by atoms with Gasteiger partial charge < -0.3 is 19.7 Å². The van der Waals surface area contributed by atoms with Gasteiger partial charge in [-0.05, 0) is 51.8 Å². The van der Waals surface area contributed by atoms with Crippen LogP contribution < -0.4 is 20.4 Å². The molecule has 4 rings (SSSR count). The van der Waals surface area contributed by atoms with Crippen LogP contribution >= 0.6 is 15.9 Å². The Morgan fingerprint density at radius 2 is 1.84 bits per heavy atom. The molecular formula is C21H22BrN7O2. The van der Waals surface area contributed by atoms with Gasteiger partial charge in [-0.15, -0.1) is 0 Å².